The Bertz CT molecular complexity index is 578. The third-order valence-electron chi connectivity index (χ3n) is 3.63. The van der Waals surface area contributed by atoms with E-state index >= 15 is 0 Å². The number of benzene rings is 1. The van der Waals surface area contributed by atoms with Gasteiger partial charge in [-0.1, -0.05) is 6.92 Å². The van der Waals surface area contributed by atoms with E-state index in [4.69, 9.17) is 5.73 Å². The molecule has 1 aliphatic heterocycles. The fourth-order valence-electron chi connectivity index (χ4n) is 2.44. The molecule has 0 aliphatic carbocycles. The van der Waals surface area contributed by atoms with Crippen LogP contribution >= 0.6 is 0 Å². The van der Waals surface area contributed by atoms with E-state index in [9.17, 15) is 18.4 Å². The molecule has 7 heteroatoms. The van der Waals surface area contributed by atoms with E-state index in [1.165, 1.54) is 0 Å². The minimum atomic E-state index is -1.05. The van der Waals surface area contributed by atoms with Crippen LogP contribution in [-0.2, 0) is 4.79 Å². The van der Waals surface area contributed by atoms with Crippen LogP contribution in [0.2, 0.25) is 0 Å². The van der Waals surface area contributed by atoms with Gasteiger partial charge in [0, 0.05) is 6.07 Å². The Hall–Kier alpha value is -2.02. The van der Waals surface area contributed by atoms with Gasteiger partial charge in [-0.05, 0) is 31.4 Å². The summed E-state index contributed by atoms with van der Waals surface area (Å²) in [5, 5.41) is 5.44. The van der Waals surface area contributed by atoms with Crippen molar-refractivity contribution in [1.82, 2.24) is 5.32 Å². The Kier molecular flexibility index (Phi) is 4.52. The summed E-state index contributed by atoms with van der Waals surface area (Å²) in [6.45, 7) is 2.63. The third kappa shape index (κ3) is 3.36. The van der Waals surface area contributed by atoms with Crippen molar-refractivity contribution < 1.29 is 18.4 Å². The highest BCUT2D eigenvalue weighted by atomic mass is 19.1. The van der Waals surface area contributed by atoms with Gasteiger partial charge in [0.15, 0.2) is 0 Å². The Balaban J connectivity index is 2.20. The second-order valence-electron chi connectivity index (χ2n) is 5.22. The van der Waals surface area contributed by atoms with Crippen molar-refractivity contribution in [3.63, 3.8) is 0 Å². The maximum Gasteiger partial charge on any atom is 0.251 e. The van der Waals surface area contributed by atoms with Gasteiger partial charge in [-0.3, -0.25) is 9.59 Å². The SMILES string of the molecule is CC1CCCNC1C(=O)Nc1cc(C(N)=O)c(F)cc1F. The largest absolute Gasteiger partial charge is 0.366 e. The number of hydrogen-bond acceptors (Lipinski definition) is 3. The van der Waals surface area contributed by atoms with Crippen LogP contribution in [0.25, 0.3) is 0 Å². The number of hydrogen-bond donors (Lipinski definition) is 3. The van der Waals surface area contributed by atoms with Crippen molar-refractivity contribution >= 4 is 17.5 Å². The molecule has 2 atom stereocenters. The van der Waals surface area contributed by atoms with Crippen LogP contribution in [-0.4, -0.2) is 24.4 Å². The van der Waals surface area contributed by atoms with Crippen molar-refractivity contribution in [3.05, 3.63) is 29.3 Å². The third-order valence-corrected chi connectivity index (χ3v) is 3.63. The van der Waals surface area contributed by atoms with Gasteiger partial charge in [-0.25, -0.2) is 8.78 Å². The lowest BCUT2D eigenvalue weighted by Gasteiger charge is -2.29. The van der Waals surface area contributed by atoms with E-state index in [0.717, 1.165) is 18.9 Å². The molecule has 1 saturated heterocycles. The zero-order chi connectivity index (χ0) is 15.6. The first kappa shape index (κ1) is 15.4. The monoisotopic (exact) mass is 297 g/mol. The van der Waals surface area contributed by atoms with E-state index in [1.807, 2.05) is 6.92 Å². The molecule has 1 aromatic carbocycles. The van der Waals surface area contributed by atoms with Gasteiger partial charge in [0.1, 0.15) is 11.6 Å². The van der Waals surface area contributed by atoms with Crippen molar-refractivity contribution in [1.29, 1.82) is 0 Å². The first-order valence-electron chi connectivity index (χ1n) is 6.73. The smallest absolute Gasteiger partial charge is 0.251 e. The number of anilines is 1. The van der Waals surface area contributed by atoms with Gasteiger partial charge in [0.2, 0.25) is 5.91 Å². The molecule has 2 unspecified atom stereocenters. The predicted octanol–water partition coefficient (Wildman–Crippen LogP) is 1.39. The second kappa shape index (κ2) is 6.17. The van der Waals surface area contributed by atoms with Gasteiger partial charge in [-0.2, -0.15) is 0 Å². The molecule has 4 N–H and O–H groups in total. The molecule has 0 spiro atoms. The standard InChI is InChI=1S/C14H17F2N3O2/c1-7-3-2-4-18-12(7)14(21)19-11-5-8(13(17)20)9(15)6-10(11)16/h5-7,12,18H,2-4H2,1H3,(H2,17,20)(H,19,21). The molecule has 1 aliphatic rings. The maximum absolute atomic E-state index is 13.7. The first-order chi connectivity index (χ1) is 9.90. The molecule has 114 valence electrons. The van der Waals surface area contributed by atoms with E-state index in [1.54, 1.807) is 0 Å². The van der Waals surface area contributed by atoms with Gasteiger partial charge in [0.25, 0.3) is 5.91 Å². The van der Waals surface area contributed by atoms with Crippen LogP contribution in [0, 0.1) is 17.6 Å². The van der Waals surface area contributed by atoms with E-state index < -0.39 is 35.1 Å². The Morgan fingerprint density at radius 3 is 2.67 bits per heavy atom. The summed E-state index contributed by atoms with van der Waals surface area (Å²) in [7, 11) is 0. The normalized spacial score (nSPS) is 21.9. The number of halogens is 2. The van der Waals surface area contributed by atoms with Crippen LogP contribution < -0.4 is 16.4 Å². The van der Waals surface area contributed by atoms with Crippen LogP contribution in [0.15, 0.2) is 12.1 Å². The number of carbonyl (C=O) groups excluding carboxylic acids is 2. The second-order valence-corrected chi connectivity index (χ2v) is 5.22. The van der Waals surface area contributed by atoms with Gasteiger partial charge in [-0.15, -0.1) is 0 Å². The van der Waals surface area contributed by atoms with Crippen molar-refractivity contribution in [2.45, 2.75) is 25.8 Å². The Morgan fingerprint density at radius 2 is 2.05 bits per heavy atom. The van der Waals surface area contributed by atoms with E-state index in [-0.39, 0.29) is 11.6 Å². The number of carbonyl (C=O) groups is 2. The molecule has 0 saturated carbocycles. The molecular formula is C14H17F2N3O2. The van der Waals surface area contributed by atoms with Crippen LogP contribution in [0.5, 0.6) is 0 Å². The number of amides is 2. The lowest BCUT2D eigenvalue weighted by molar-refractivity contribution is -0.119. The van der Waals surface area contributed by atoms with Crippen LogP contribution in [0.1, 0.15) is 30.1 Å². The van der Waals surface area contributed by atoms with Gasteiger partial charge in [0.05, 0.1) is 17.3 Å². The fraction of sp³-hybridized carbons (Fsp3) is 0.429. The van der Waals surface area contributed by atoms with Gasteiger partial charge >= 0.3 is 0 Å². The number of primary amides is 1. The van der Waals surface area contributed by atoms with E-state index in [0.29, 0.717) is 12.6 Å². The average Bonchev–Trinajstić information content (AvgIpc) is 2.41. The molecule has 1 fully saturated rings. The molecule has 0 bridgehead atoms. The summed E-state index contributed by atoms with van der Waals surface area (Å²) in [5.41, 5.74) is 4.29. The molecule has 21 heavy (non-hydrogen) atoms. The van der Waals surface area contributed by atoms with Gasteiger partial charge < -0.3 is 16.4 Å². The molecule has 2 amide bonds. The molecule has 1 aromatic rings. The zero-order valence-corrected chi connectivity index (χ0v) is 11.6. The highest BCUT2D eigenvalue weighted by molar-refractivity contribution is 5.98. The fourth-order valence-corrected chi connectivity index (χ4v) is 2.44. The predicted molar refractivity (Wildman–Crippen MR) is 73.7 cm³/mol. The quantitative estimate of drug-likeness (QED) is 0.788. The Labute approximate surface area is 120 Å². The topological polar surface area (TPSA) is 84.2 Å². The number of piperidine rings is 1. The minimum absolute atomic E-state index is 0.109. The molecule has 2 rings (SSSR count). The minimum Gasteiger partial charge on any atom is -0.366 e. The highest BCUT2D eigenvalue weighted by Gasteiger charge is 2.28. The molecule has 5 nitrogen and oxygen atoms in total. The lowest BCUT2D eigenvalue weighted by Crippen LogP contribution is -2.48. The van der Waals surface area contributed by atoms with Crippen molar-refractivity contribution in [2.75, 3.05) is 11.9 Å². The number of rotatable bonds is 3. The maximum atomic E-state index is 13.7. The summed E-state index contributed by atoms with van der Waals surface area (Å²) in [6, 6.07) is 1.01. The Morgan fingerprint density at radius 1 is 1.33 bits per heavy atom. The average molecular weight is 297 g/mol. The van der Waals surface area contributed by atoms with Crippen LogP contribution in [0.4, 0.5) is 14.5 Å². The molecular weight excluding hydrogens is 280 g/mol. The van der Waals surface area contributed by atoms with Crippen molar-refractivity contribution in [3.8, 4) is 0 Å². The van der Waals surface area contributed by atoms with Crippen LogP contribution in [0.3, 0.4) is 0 Å². The summed E-state index contributed by atoms with van der Waals surface area (Å²) >= 11 is 0. The summed E-state index contributed by atoms with van der Waals surface area (Å²) in [4.78, 5) is 23.2. The van der Waals surface area contributed by atoms with E-state index in [2.05, 4.69) is 10.6 Å². The highest BCUT2D eigenvalue weighted by Crippen LogP contribution is 2.22. The summed E-state index contributed by atoms with van der Waals surface area (Å²) in [5.74, 6) is -3.33. The number of nitrogens with two attached hydrogens (primary N) is 1. The zero-order valence-electron chi connectivity index (χ0n) is 11.6. The first-order valence-corrected chi connectivity index (χ1v) is 6.73. The van der Waals surface area contributed by atoms with Crippen molar-refractivity contribution in [2.24, 2.45) is 11.7 Å². The summed E-state index contributed by atoms with van der Waals surface area (Å²) < 4.78 is 27.1. The summed E-state index contributed by atoms with van der Waals surface area (Å²) in [6.07, 6.45) is 1.87. The molecule has 0 aromatic heterocycles. The molecule has 0 radical (unpaired) electrons. The lowest BCUT2D eigenvalue weighted by atomic mass is 9.92. The number of nitrogens with one attached hydrogen (secondary N) is 2. The molecule has 1 heterocycles.